The molecule has 0 bridgehead atoms. The van der Waals surface area contributed by atoms with Crippen LogP contribution in [-0.2, 0) is 14.4 Å². The van der Waals surface area contributed by atoms with E-state index < -0.39 is 0 Å². The van der Waals surface area contributed by atoms with E-state index in [0.717, 1.165) is 25.8 Å². The maximum absolute atomic E-state index is 12.7. The molecule has 138 valence electrons. The molecular weight excluding hydrogens is 318 g/mol. The molecule has 1 atom stereocenters. The maximum Gasteiger partial charge on any atom is 0.228 e. The van der Waals surface area contributed by atoms with E-state index in [0.29, 0.717) is 39.1 Å². The fourth-order valence-corrected chi connectivity index (χ4v) is 4.06. The zero-order valence-electron chi connectivity index (χ0n) is 15.2. The van der Waals surface area contributed by atoms with Gasteiger partial charge < -0.3 is 14.7 Å². The zero-order chi connectivity index (χ0) is 17.8. The fraction of sp³-hybridized carbons (Fsp3) is 0.737. The second-order valence-electron chi connectivity index (χ2n) is 7.43. The number of allylic oxidation sites excluding steroid dienone is 1. The predicted octanol–water partition coefficient (Wildman–Crippen LogP) is 1.42. The Hall–Kier alpha value is -1.85. The smallest absolute Gasteiger partial charge is 0.228 e. The minimum atomic E-state index is -0.211. The fourth-order valence-electron chi connectivity index (χ4n) is 4.06. The van der Waals surface area contributed by atoms with Crippen molar-refractivity contribution in [1.29, 1.82) is 0 Å². The van der Waals surface area contributed by atoms with Crippen molar-refractivity contribution in [3.05, 3.63) is 11.6 Å². The number of amides is 3. The van der Waals surface area contributed by atoms with Gasteiger partial charge in [-0.3, -0.25) is 14.4 Å². The summed E-state index contributed by atoms with van der Waals surface area (Å²) in [5.74, 6) is 0.0381. The van der Waals surface area contributed by atoms with E-state index in [2.05, 4.69) is 6.08 Å². The van der Waals surface area contributed by atoms with Gasteiger partial charge in [-0.15, -0.1) is 0 Å². The molecule has 0 aromatic rings. The largest absolute Gasteiger partial charge is 0.342 e. The Morgan fingerprint density at radius 1 is 1.12 bits per heavy atom. The molecule has 1 unspecified atom stereocenters. The number of piperazine rings is 1. The molecule has 0 spiro atoms. The van der Waals surface area contributed by atoms with E-state index in [1.807, 2.05) is 9.80 Å². The van der Waals surface area contributed by atoms with Gasteiger partial charge in [-0.1, -0.05) is 11.6 Å². The molecule has 2 aliphatic heterocycles. The number of nitrogens with zero attached hydrogens (tertiary/aromatic N) is 3. The Morgan fingerprint density at radius 2 is 1.84 bits per heavy atom. The molecular formula is C19H29N3O3. The SMILES string of the molecule is CC(=O)N1CCN(C(=O)C2CC(=O)N(CCC3=CCCCC3)C2)CC1. The van der Waals surface area contributed by atoms with Gasteiger partial charge in [0.05, 0.1) is 5.92 Å². The van der Waals surface area contributed by atoms with Crippen LogP contribution in [0.5, 0.6) is 0 Å². The summed E-state index contributed by atoms with van der Waals surface area (Å²) in [5, 5.41) is 0. The van der Waals surface area contributed by atoms with Gasteiger partial charge in [-0.25, -0.2) is 0 Å². The van der Waals surface area contributed by atoms with Crippen LogP contribution >= 0.6 is 0 Å². The molecule has 3 amide bonds. The molecule has 2 heterocycles. The third-order valence-electron chi connectivity index (χ3n) is 5.69. The Kier molecular flexibility index (Phi) is 5.76. The highest BCUT2D eigenvalue weighted by Gasteiger charge is 2.37. The Balaban J connectivity index is 1.47. The molecule has 2 saturated heterocycles. The maximum atomic E-state index is 12.7. The summed E-state index contributed by atoms with van der Waals surface area (Å²) < 4.78 is 0. The van der Waals surface area contributed by atoms with Gasteiger partial charge in [0, 0.05) is 52.6 Å². The molecule has 2 fully saturated rings. The lowest BCUT2D eigenvalue weighted by Crippen LogP contribution is -2.51. The van der Waals surface area contributed by atoms with Crippen molar-refractivity contribution < 1.29 is 14.4 Å². The van der Waals surface area contributed by atoms with Crippen molar-refractivity contribution in [2.75, 3.05) is 39.3 Å². The highest BCUT2D eigenvalue weighted by atomic mass is 16.2. The lowest BCUT2D eigenvalue weighted by atomic mass is 9.97. The lowest BCUT2D eigenvalue weighted by Gasteiger charge is -2.35. The standard InChI is InChI=1S/C19H29N3O3/c1-15(23)20-9-11-21(12-10-20)19(25)17-13-18(24)22(14-17)8-7-16-5-3-2-4-6-16/h5,17H,2-4,6-14H2,1H3. The predicted molar refractivity (Wildman–Crippen MR) is 94.7 cm³/mol. The van der Waals surface area contributed by atoms with E-state index in [1.165, 1.54) is 18.4 Å². The number of hydrogen-bond donors (Lipinski definition) is 0. The van der Waals surface area contributed by atoms with Gasteiger partial charge in [0.15, 0.2) is 0 Å². The Morgan fingerprint density at radius 3 is 2.48 bits per heavy atom. The van der Waals surface area contributed by atoms with Crippen LogP contribution in [0.2, 0.25) is 0 Å². The second kappa shape index (κ2) is 8.02. The van der Waals surface area contributed by atoms with Crippen LogP contribution in [0.4, 0.5) is 0 Å². The Bertz CT molecular complexity index is 564. The topological polar surface area (TPSA) is 60.9 Å². The number of carbonyl (C=O) groups is 3. The van der Waals surface area contributed by atoms with Crippen molar-refractivity contribution in [3.8, 4) is 0 Å². The van der Waals surface area contributed by atoms with Crippen LogP contribution in [0, 0.1) is 5.92 Å². The molecule has 3 aliphatic rings. The summed E-state index contributed by atoms with van der Waals surface area (Å²) in [5.41, 5.74) is 1.47. The number of rotatable bonds is 4. The first-order valence-electron chi connectivity index (χ1n) is 9.54. The molecule has 25 heavy (non-hydrogen) atoms. The van der Waals surface area contributed by atoms with Crippen molar-refractivity contribution in [1.82, 2.24) is 14.7 Å². The normalized spacial score (nSPS) is 24.5. The molecule has 1 aliphatic carbocycles. The molecule has 6 nitrogen and oxygen atoms in total. The molecule has 0 N–H and O–H groups in total. The average molecular weight is 347 g/mol. The lowest BCUT2D eigenvalue weighted by molar-refractivity contribution is -0.141. The molecule has 0 saturated carbocycles. The molecule has 6 heteroatoms. The summed E-state index contributed by atoms with van der Waals surface area (Å²) in [6.45, 7) is 5.21. The van der Waals surface area contributed by atoms with Crippen molar-refractivity contribution in [2.45, 2.75) is 45.4 Å². The monoisotopic (exact) mass is 347 g/mol. The number of hydrogen-bond acceptors (Lipinski definition) is 3. The first-order valence-corrected chi connectivity index (χ1v) is 9.54. The van der Waals surface area contributed by atoms with E-state index >= 15 is 0 Å². The first kappa shape index (κ1) is 18.0. The van der Waals surface area contributed by atoms with Gasteiger partial charge in [0.2, 0.25) is 17.7 Å². The summed E-state index contributed by atoms with van der Waals surface area (Å²) in [4.78, 5) is 41.8. The van der Waals surface area contributed by atoms with Crippen molar-refractivity contribution in [2.24, 2.45) is 5.92 Å². The van der Waals surface area contributed by atoms with Crippen molar-refractivity contribution in [3.63, 3.8) is 0 Å². The van der Waals surface area contributed by atoms with Crippen LogP contribution in [0.1, 0.15) is 45.4 Å². The zero-order valence-corrected chi connectivity index (χ0v) is 15.2. The summed E-state index contributed by atoms with van der Waals surface area (Å²) in [7, 11) is 0. The van der Waals surface area contributed by atoms with Crippen molar-refractivity contribution >= 4 is 17.7 Å². The van der Waals surface area contributed by atoms with Crippen LogP contribution in [0.25, 0.3) is 0 Å². The third kappa shape index (κ3) is 4.41. The summed E-state index contributed by atoms with van der Waals surface area (Å²) in [6.07, 6.45) is 8.46. The van der Waals surface area contributed by atoms with Crippen LogP contribution in [-0.4, -0.2) is 71.7 Å². The van der Waals surface area contributed by atoms with Crippen LogP contribution in [0.15, 0.2) is 11.6 Å². The van der Waals surface area contributed by atoms with E-state index in [4.69, 9.17) is 0 Å². The van der Waals surface area contributed by atoms with Crippen LogP contribution < -0.4 is 0 Å². The van der Waals surface area contributed by atoms with Gasteiger partial charge in [-0.05, 0) is 32.1 Å². The minimum absolute atomic E-state index is 0.0614. The molecule has 0 aromatic heterocycles. The second-order valence-corrected chi connectivity index (χ2v) is 7.43. The van der Waals surface area contributed by atoms with Crippen LogP contribution in [0.3, 0.4) is 0 Å². The molecule has 3 rings (SSSR count). The van der Waals surface area contributed by atoms with Gasteiger partial charge in [0.1, 0.15) is 0 Å². The number of carbonyl (C=O) groups excluding carboxylic acids is 3. The highest BCUT2D eigenvalue weighted by molar-refractivity contribution is 5.89. The Labute approximate surface area is 149 Å². The quantitative estimate of drug-likeness (QED) is 0.723. The van der Waals surface area contributed by atoms with Gasteiger partial charge in [0.25, 0.3) is 0 Å². The third-order valence-corrected chi connectivity index (χ3v) is 5.69. The summed E-state index contributed by atoms with van der Waals surface area (Å²) >= 11 is 0. The average Bonchev–Trinajstić information content (AvgIpc) is 3.01. The minimum Gasteiger partial charge on any atom is -0.342 e. The van der Waals surface area contributed by atoms with Gasteiger partial charge in [-0.2, -0.15) is 0 Å². The first-order chi connectivity index (χ1) is 12.0. The highest BCUT2D eigenvalue weighted by Crippen LogP contribution is 2.24. The number of likely N-dealkylation sites (tertiary alicyclic amines) is 1. The van der Waals surface area contributed by atoms with E-state index in [-0.39, 0.29) is 23.6 Å². The van der Waals surface area contributed by atoms with E-state index in [9.17, 15) is 14.4 Å². The van der Waals surface area contributed by atoms with Gasteiger partial charge >= 0.3 is 0 Å². The molecule has 0 radical (unpaired) electrons. The van der Waals surface area contributed by atoms with E-state index in [1.54, 1.807) is 11.8 Å². The summed E-state index contributed by atoms with van der Waals surface area (Å²) in [6, 6.07) is 0. The molecule has 0 aromatic carbocycles.